The van der Waals surface area contributed by atoms with Gasteiger partial charge in [0, 0.05) is 10.5 Å². The molecule has 0 aliphatic carbocycles. The van der Waals surface area contributed by atoms with Gasteiger partial charge in [-0.25, -0.2) is 4.79 Å². The molecule has 7 heteroatoms. The van der Waals surface area contributed by atoms with E-state index in [4.69, 9.17) is 14.0 Å². The van der Waals surface area contributed by atoms with Crippen LogP contribution in [0.1, 0.15) is 16.2 Å². The Kier molecular flexibility index (Phi) is 5.35. The molecule has 0 amide bonds. The van der Waals surface area contributed by atoms with Gasteiger partial charge >= 0.3 is 5.97 Å². The van der Waals surface area contributed by atoms with Gasteiger partial charge in [0.25, 0.3) is 5.89 Å². The number of hydrogen-bond acceptors (Lipinski definition) is 7. The van der Waals surface area contributed by atoms with Gasteiger partial charge in [-0.1, -0.05) is 17.3 Å². The SMILES string of the molecule is COc1cccc(-c2noc(COC(=O)c3ccc(SC)cc3)n2)c1. The van der Waals surface area contributed by atoms with E-state index in [1.807, 2.05) is 36.6 Å². The number of aromatic nitrogens is 2. The van der Waals surface area contributed by atoms with Crippen molar-refractivity contribution in [3.05, 3.63) is 60.0 Å². The summed E-state index contributed by atoms with van der Waals surface area (Å²) in [6, 6.07) is 14.5. The molecule has 0 N–H and O–H groups in total. The predicted molar refractivity (Wildman–Crippen MR) is 93.6 cm³/mol. The van der Waals surface area contributed by atoms with Crippen molar-refractivity contribution in [2.24, 2.45) is 0 Å². The van der Waals surface area contributed by atoms with E-state index in [9.17, 15) is 4.79 Å². The molecule has 1 aromatic heterocycles. The molecule has 0 fully saturated rings. The lowest BCUT2D eigenvalue weighted by Crippen LogP contribution is -2.05. The fourth-order valence-corrected chi connectivity index (χ4v) is 2.54. The highest BCUT2D eigenvalue weighted by molar-refractivity contribution is 7.98. The van der Waals surface area contributed by atoms with Crippen LogP contribution in [0.4, 0.5) is 0 Å². The van der Waals surface area contributed by atoms with E-state index in [0.29, 0.717) is 17.1 Å². The van der Waals surface area contributed by atoms with Crippen molar-refractivity contribution >= 4 is 17.7 Å². The Labute approximate surface area is 149 Å². The zero-order chi connectivity index (χ0) is 17.6. The number of carbonyl (C=O) groups is 1. The average Bonchev–Trinajstić information content (AvgIpc) is 3.15. The molecular weight excluding hydrogens is 340 g/mol. The first-order valence-corrected chi connectivity index (χ1v) is 8.70. The van der Waals surface area contributed by atoms with Gasteiger partial charge in [0.15, 0.2) is 6.61 Å². The largest absolute Gasteiger partial charge is 0.497 e. The van der Waals surface area contributed by atoms with Gasteiger partial charge in [0.05, 0.1) is 12.7 Å². The van der Waals surface area contributed by atoms with Crippen LogP contribution >= 0.6 is 11.8 Å². The number of ether oxygens (including phenoxy) is 2. The first-order chi connectivity index (χ1) is 12.2. The molecular formula is C18H16N2O4S. The minimum atomic E-state index is -0.436. The molecule has 0 bridgehead atoms. The number of esters is 1. The highest BCUT2D eigenvalue weighted by atomic mass is 32.2. The molecule has 3 rings (SSSR count). The minimum Gasteiger partial charge on any atom is -0.497 e. The van der Waals surface area contributed by atoms with E-state index >= 15 is 0 Å². The molecule has 0 spiro atoms. The molecule has 0 unspecified atom stereocenters. The van der Waals surface area contributed by atoms with E-state index in [1.54, 1.807) is 37.1 Å². The summed E-state index contributed by atoms with van der Waals surface area (Å²) in [5.74, 6) is 0.902. The number of thioether (sulfide) groups is 1. The van der Waals surface area contributed by atoms with Crippen LogP contribution in [0, 0.1) is 0 Å². The van der Waals surface area contributed by atoms with Crippen molar-refractivity contribution in [3.63, 3.8) is 0 Å². The smallest absolute Gasteiger partial charge is 0.338 e. The Hall–Kier alpha value is -2.80. The summed E-state index contributed by atoms with van der Waals surface area (Å²) in [4.78, 5) is 17.4. The molecule has 0 atom stereocenters. The van der Waals surface area contributed by atoms with Crippen LogP contribution in [0.25, 0.3) is 11.4 Å². The average molecular weight is 356 g/mol. The summed E-state index contributed by atoms with van der Waals surface area (Å²) in [7, 11) is 1.59. The molecule has 2 aromatic carbocycles. The summed E-state index contributed by atoms with van der Waals surface area (Å²) < 4.78 is 15.5. The van der Waals surface area contributed by atoms with Crippen molar-refractivity contribution in [3.8, 4) is 17.1 Å². The molecule has 3 aromatic rings. The molecule has 6 nitrogen and oxygen atoms in total. The molecule has 0 aliphatic heterocycles. The predicted octanol–water partition coefficient (Wildman–Crippen LogP) is 3.82. The number of carbonyl (C=O) groups excluding carboxylic acids is 1. The number of nitrogens with zero attached hydrogens (tertiary/aromatic N) is 2. The van der Waals surface area contributed by atoms with Gasteiger partial charge < -0.3 is 14.0 Å². The van der Waals surface area contributed by atoms with Gasteiger partial charge in [-0.3, -0.25) is 0 Å². The molecule has 1 heterocycles. The summed E-state index contributed by atoms with van der Waals surface area (Å²) in [6.07, 6.45) is 1.98. The van der Waals surface area contributed by atoms with Gasteiger partial charge in [-0.05, 0) is 42.7 Å². The Morgan fingerprint density at radius 3 is 2.72 bits per heavy atom. The highest BCUT2D eigenvalue weighted by Gasteiger charge is 2.13. The van der Waals surface area contributed by atoms with E-state index in [2.05, 4.69) is 10.1 Å². The third-order valence-electron chi connectivity index (χ3n) is 3.45. The topological polar surface area (TPSA) is 74.5 Å². The van der Waals surface area contributed by atoms with Crippen molar-refractivity contribution in [2.45, 2.75) is 11.5 Å². The zero-order valence-electron chi connectivity index (χ0n) is 13.8. The second-order valence-corrected chi connectivity index (χ2v) is 5.93. The second kappa shape index (κ2) is 7.85. The molecule has 0 saturated heterocycles. The lowest BCUT2D eigenvalue weighted by Gasteiger charge is -2.02. The maximum atomic E-state index is 12.0. The zero-order valence-corrected chi connectivity index (χ0v) is 14.6. The van der Waals surface area contributed by atoms with Crippen LogP contribution in [0.3, 0.4) is 0 Å². The Balaban J connectivity index is 1.63. The Morgan fingerprint density at radius 2 is 2.00 bits per heavy atom. The van der Waals surface area contributed by atoms with Gasteiger partial charge in [0.1, 0.15) is 5.75 Å². The maximum absolute atomic E-state index is 12.0. The number of benzene rings is 2. The van der Waals surface area contributed by atoms with E-state index in [-0.39, 0.29) is 12.5 Å². The fraction of sp³-hybridized carbons (Fsp3) is 0.167. The second-order valence-electron chi connectivity index (χ2n) is 5.05. The number of hydrogen-bond donors (Lipinski definition) is 0. The fourth-order valence-electron chi connectivity index (χ4n) is 2.13. The molecule has 25 heavy (non-hydrogen) atoms. The summed E-state index contributed by atoms with van der Waals surface area (Å²) in [5, 5.41) is 3.90. The summed E-state index contributed by atoms with van der Waals surface area (Å²) >= 11 is 1.61. The van der Waals surface area contributed by atoms with E-state index in [0.717, 1.165) is 10.5 Å². The standard InChI is InChI=1S/C18H16N2O4S/c1-22-14-5-3-4-13(10-14)17-19-16(24-20-17)11-23-18(21)12-6-8-15(25-2)9-7-12/h3-10H,11H2,1-2H3. The van der Waals surface area contributed by atoms with Gasteiger partial charge in [-0.15, -0.1) is 11.8 Å². The molecule has 0 saturated carbocycles. The maximum Gasteiger partial charge on any atom is 0.338 e. The lowest BCUT2D eigenvalue weighted by atomic mass is 10.2. The molecule has 0 aliphatic rings. The number of rotatable bonds is 6. The monoisotopic (exact) mass is 356 g/mol. The van der Waals surface area contributed by atoms with Crippen LogP contribution < -0.4 is 4.74 Å². The van der Waals surface area contributed by atoms with Crippen LogP contribution in [-0.4, -0.2) is 29.5 Å². The van der Waals surface area contributed by atoms with Crippen molar-refractivity contribution in [1.82, 2.24) is 10.1 Å². The minimum absolute atomic E-state index is 0.0833. The third kappa shape index (κ3) is 4.19. The normalized spacial score (nSPS) is 10.5. The Morgan fingerprint density at radius 1 is 1.20 bits per heavy atom. The highest BCUT2D eigenvalue weighted by Crippen LogP contribution is 2.21. The van der Waals surface area contributed by atoms with Crippen LogP contribution in [0.15, 0.2) is 57.9 Å². The van der Waals surface area contributed by atoms with Crippen LogP contribution in [0.2, 0.25) is 0 Å². The third-order valence-corrected chi connectivity index (χ3v) is 4.19. The number of methoxy groups -OCH3 is 1. The van der Waals surface area contributed by atoms with E-state index in [1.165, 1.54) is 0 Å². The first kappa shape index (κ1) is 17.0. The van der Waals surface area contributed by atoms with Crippen molar-refractivity contribution in [2.75, 3.05) is 13.4 Å². The Bertz CT molecular complexity index is 862. The van der Waals surface area contributed by atoms with Crippen molar-refractivity contribution < 1.29 is 18.8 Å². The molecule has 0 radical (unpaired) electrons. The summed E-state index contributed by atoms with van der Waals surface area (Å²) in [6.45, 7) is -0.0833. The first-order valence-electron chi connectivity index (χ1n) is 7.48. The quantitative estimate of drug-likeness (QED) is 0.491. The lowest BCUT2D eigenvalue weighted by molar-refractivity contribution is 0.0429. The molecule has 128 valence electrons. The van der Waals surface area contributed by atoms with Crippen LogP contribution in [-0.2, 0) is 11.3 Å². The van der Waals surface area contributed by atoms with E-state index < -0.39 is 5.97 Å². The van der Waals surface area contributed by atoms with Gasteiger partial charge in [-0.2, -0.15) is 4.98 Å². The summed E-state index contributed by atoms with van der Waals surface area (Å²) in [5.41, 5.74) is 1.23. The van der Waals surface area contributed by atoms with Crippen molar-refractivity contribution in [1.29, 1.82) is 0 Å². The van der Waals surface area contributed by atoms with Crippen LogP contribution in [0.5, 0.6) is 5.75 Å². The van der Waals surface area contributed by atoms with Gasteiger partial charge in [0.2, 0.25) is 5.82 Å².